The van der Waals surface area contributed by atoms with Crippen LogP contribution >= 0.6 is 0 Å². The number of aliphatic hydroxyl groups is 1. The quantitative estimate of drug-likeness (QED) is 0.797. The van der Waals surface area contributed by atoms with Gasteiger partial charge in [0.05, 0.1) is 12.7 Å². The second kappa shape index (κ2) is 5.48. The molecule has 1 aliphatic rings. The Kier molecular flexibility index (Phi) is 4.77. The number of ether oxygens (including phenoxy) is 1. The summed E-state index contributed by atoms with van der Waals surface area (Å²) in [7, 11) is 2.09. The van der Waals surface area contributed by atoms with E-state index in [4.69, 9.17) is 4.74 Å². The van der Waals surface area contributed by atoms with E-state index in [0.717, 1.165) is 26.2 Å². The second-order valence-corrected chi connectivity index (χ2v) is 6.17. The molecule has 0 aromatic rings. The van der Waals surface area contributed by atoms with Crippen molar-refractivity contribution in [2.24, 2.45) is 11.3 Å². The zero-order valence-corrected chi connectivity index (χ0v) is 11.4. The Labute approximate surface area is 99.8 Å². The van der Waals surface area contributed by atoms with Crippen LogP contribution in [0.2, 0.25) is 0 Å². The molecular formula is C13H27NO2. The fraction of sp³-hybridized carbons (Fsp3) is 1.00. The topological polar surface area (TPSA) is 32.7 Å². The minimum atomic E-state index is -0.253. The highest BCUT2D eigenvalue weighted by Crippen LogP contribution is 2.24. The van der Waals surface area contributed by atoms with Gasteiger partial charge in [-0.15, -0.1) is 0 Å². The maximum atomic E-state index is 10.1. The van der Waals surface area contributed by atoms with Gasteiger partial charge >= 0.3 is 0 Å². The average Bonchev–Trinajstić information content (AvgIpc) is 2.67. The summed E-state index contributed by atoms with van der Waals surface area (Å²) in [6.07, 6.45) is 0.746. The smallest absolute Gasteiger partial charge is 0.0718 e. The second-order valence-electron chi connectivity index (χ2n) is 6.17. The van der Waals surface area contributed by atoms with Crippen molar-refractivity contribution in [3.05, 3.63) is 0 Å². The van der Waals surface area contributed by atoms with E-state index in [0.29, 0.717) is 12.0 Å². The first-order valence-corrected chi connectivity index (χ1v) is 6.28. The van der Waals surface area contributed by atoms with Gasteiger partial charge in [0.2, 0.25) is 0 Å². The summed E-state index contributed by atoms with van der Waals surface area (Å²) in [6, 6.07) is 0.462. The number of rotatable bonds is 4. The van der Waals surface area contributed by atoms with Gasteiger partial charge in [0.15, 0.2) is 0 Å². The van der Waals surface area contributed by atoms with Crippen molar-refractivity contribution in [3.8, 4) is 0 Å². The number of hydrogen-bond donors (Lipinski definition) is 1. The Bertz CT molecular complexity index is 206. The van der Waals surface area contributed by atoms with E-state index >= 15 is 0 Å². The first-order valence-electron chi connectivity index (χ1n) is 6.28. The van der Waals surface area contributed by atoms with E-state index < -0.39 is 0 Å². The molecule has 16 heavy (non-hydrogen) atoms. The molecule has 3 atom stereocenters. The lowest BCUT2D eigenvalue weighted by Gasteiger charge is -2.37. The van der Waals surface area contributed by atoms with E-state index in [1.54, 1.807) is 0 Å². The number of likely N-dealkylation sites (N-methyl/N-ethyl adjacent to an activating group) is 1. The van der Waals surface area contributed by atoms with Gasteiger partial charge < -0.3 is 14.7 Å². The molecule has 1 heterocycles. The molecule has 3 nitrogen and oxygen atoms in total. The number of nitrogens with zero attached hydrogens (tertiary/aromatic N) is 1. The molecule has 3 unspecified atom stereocenters. The van der Waals surface area contributed by atoms with Gasteiger partial charge in [0.25, 0.3) is 0 Å². The molecule has 0 saturated carbocycles. The fourth-order valence-corrected chi connectivity index (χ4v) is 2.12. The van der Waals surface area contributed by atoms with Crippen LogP contribution in [0.25, 0.3) is 0 Å². The van der Waals surface area contributed by atoms with Crippen LogP contribution in [0.5, 0.6) is 0 Å². The van der Waals surface area contributed by atoms with E-state index in [-0.39, 0.29) is 11.5 Å². The average molecular weight is 229 g/mol. The Hall–Kier alpha value is -0.120. The molecular weight excluding hydrogens is 202 g/mol. The predicted octanol–water partition coefficient (Wildman–Crippen LogP) is 1.75. The van der Waals surface area contributed by atoms with Crippen LogP contribution in [-0.2, 0) is 4.74 Å². The van der Waals surface area contributed by atoms with Crippen LogP contribution in [0.3, 0.4) is 0 Å². The fourth-order valence-electron chi connectivity index (χ4n) is 2.12. The molecule has 1 aliphatic heterocycles. The summed E-state index contributed by atoms with van der Waals surface area (Å²) in [4.78, 5) is 2.25. The van der Waals surface area contributed by atoms with Crippen LogP contribution in [0.1, 0.15) is 34.1 Å². The summed E-state index contributed by atoms with van der Waals surface area (Å²) in [5, 5.41) is 10.1. The molecule has 0 bridgehead atoms. The Morgan fingerprint density at radius 3 is 2.50 bits per heavy atom. The van der Waals surface area contributed by atoms with Crippen molar-refractivity contribution in [2.45, 2.75) is 46.3 Å². The summed E-state index contributed by atoms with van der Waals surface area (Å²) in [6.45, 7) is 11.2. The van der Waals surface area contributed by atoms with Gasteiger partial charge in [-0.1, -0.05) is 20.8 Å². The summed E-state index contributed by atoms with van der Waals surface area (Å²) < 4.78 is 5.31. The van der Waals surface area contributed by atoms with Gasteiger partial charge in [-0.3, -0.25) is 0 Å². The summed E-state index contributed by atoms with van der Waals surface area (Å²) in [5.74, 6) is 0.328. The largest absolute Gasteiger partial charge is 0.391 e. The highest BCUT2D eigenvalue weighted by atomic mass is 16.5. The van der Waals surface area contributed by atoms with Crippen molar-refractivity contribution in [3.63, 3.8) is 0 Å². The van der Waals surface area contributed by atoms with Crippen LogP contribution in [0.15, 0.2) is 0 Å². The molecule has 3 heteroatoms. The van der Waals surface area contributed by atoms with E-state index in [1.807, 2.05) is 0 Å². The maximum Gasteiger partial charge on any atom is 0.0718 e. The van der Waals surface area contributed by atoms with Crippen LogP contribution < -0.4 is 0 Å². The van der Waals surface area contributed by atoms with Crippen molar-refractivity contribution < 1.29 is 9.84 Å². The van der Waals surface area contributed by atoms with E-state index in [2.05, 4.69) is 39.6 Å². The molecule has 1 N–H and O–H groups in total. The molecule has 1 rings (SSSR count). The SMILES string of the molecule is CC(N(C)CC(O)C1CCOC1)C(C)(C)C. The van der Waals surface area contributed by atoms with Crippen LogP contribution in [0, 0.1) is 11.3 Å². The summed E-state index contributed by atoms with van der Waals surface area (Å²) >= 11 is 0. The standard InChI is InChI=1S/C13H27NO2/c1-10(13(2,3)4)14(5)8-12(15)11-6-7-16-9-11/h10-12,15H,6-9H2,1-5H3. The molecule has 0 spiro atoms. The third-order valence-electron chi connectivity index (χ3n) is 3.90. The molecule has 96 valence electrons. The number of hydrogen-bond acceptors (Lipinski definition) is 3. The zero-order valence-electron chi connectivity index (χ0n) is 11.4. The number of aliphatic hydroxyl groups excluding tert-OH is 1. The third-order valence-corrected chi connectivity index (χ3v) is 3.90. The Morgan fingerprint density at radius 2 is 2.06 bits per heavy atom. The molecule has 0 aliphatic carbocycles. The minimum absolute atomic E-state index is 0.251. The lowest BCUT2D eigenvalue weighted by molar-refractivity contribution is 0.0345. The molecule has 0 aromatic heterocycles. The molecule has 0 radical (unpaired) electrons. The zero-order chi connectivity index (χ0) is 12.3. The normalized spacial score (nSPS) is 26.1. The molecule has 0 amide bonds. The first-order chi connectivity index (χ1) is 7.32. The lowest BCUT2D eigenvalue weighted by atomic mass is 9.86. The highest BCUT2D eigenvalue weighted by Gasteiger charge is 2.29. The third kappa shape index (κ3) is 3.72. The Balaban J connectivity index is 2.40. The van der Waals surface area contributed by atoms with Gasteiger partial charge in [-0.25, -0.2) is 0 Å². The van der Waals surface area contributed by atoms with Crippen LogP contribution in [0.4, 0.5) is 0 Å². The summed E-state index contributed by atoms with van der Waals surface area (Å²) in [5.41, 5.74) is 0.251. The predicted molar refractivity (Wildman–Crippen MR) is 66.5 cm³/mol. The van der Waals surface area contributed by atoms with Gasteiger partial charge in [-0.2, -0.15) is 0 Å². The van der Waals surface area contributed by atoms with Crippen molar-refractivity contribution in [1.29, 1.82) is 0 Å². The van der Waals surface area contributed by atoms with Gasteiger partial charge in [-0.05, 0) is 25.8 Å². The van der Waals surface area contributed by atoms with Gasteiger partial charge in [0.1, 0.15) is 0 Å². The monoisotopic (exact) mass is 229 g/mol. The first kappa shape index (κ1) is 13.9. The molecule has 1 fully saturated rings. The van der Waals surface area contributed by atoms with E-state index in [9.17, 15) is 5.11 Å². The van der Waals surface area contributed by atoms with Gasteiger partial charge in [0, 0.05) is 25.1 Å². The highest BCUT2D eigenvalue weighted by molar-refractivity contribution is 4.81. The lowest BCUT2D eigenvalue weighted by Crippen LogP contribution is -2.44. The maximum absolute atomic E-state index is 10.1. The van der Waals surface area contributed by atoms with Crippen LogP contribution in [-0.4, -0.2) is 49.0 Å². The minimum Gasteiger partial charge on any atom is -0.391 e. The molecule has 0 aromatic carbocycles. The van der Waals surface area contributed by atoms with Crippen molar-refractivity contribution in [1.82, 2.24) is 4.90 Å². The van der Waals surface area contributed by atoms with Crippen molar-refractivity contribution >= 4 is 0 Å². The Morgan fingerprint density at radius 1 is 1.44 bits per heavy atom. The van der Waals surface area contributed by atoms with Crippen molar-refractivity contribution in [2.75, 3.05) is 26.8 Å². The van der Waals surface area contributed by atoms with E-state index in [1.165, 1.54) is 0 Å². The molecule has 1 saturated heterocycles.